The van der Waals surface area contributed by atoms with Crippen molar-refractivity contribution < 1.29 is 9.53 Å². The summed E-state index contributed by atoms with van der Waals surface area (Å²) in [6.45, 7) is 0. The number of nitrogens with zero attached hydrogens (tertiary/aromatic N) is 2. The molecule has 2 aromatic heterocycles. The molecule has 2 aromatic rings. The fraction of sp³-hybridized carbons (Fsp3) is 0.500. The minimum Gasteiger partial charge on any atom is -0.469 e. The van der Waals surface area contributed by atoms with E-state index in [2.05, 4.69) is 15.4 Å². The van der Waals surface area contributed by atoms with E-state index in [-0.39, 0.29) is 11.9 Å². The van der Waals surface area contributed by atoms with Gasteiger partial charge < -0.3 is 4.74 Å². The molecule has 0 radical (unpaired) electrons. The van der Waals surface area contributed by atoms with Gasteiger partial charge in [-0.2, -0.15) is 4.37 Å². The molecule has 4 nitrogen and oxygen atoms in total. The van der Waals surface area contributed by atoms with Crippen molar-refractivity contribution in [2.24, 2.45) is 5.92 Å². The van der Waals surface area contributed by atoms with E-state index < -0.39 is 0 Å². The lowest BCUT2D eigenvalue weighted by Gasteiger charge is -2.25. The van der Waals surface area contributed by atoms with Crippen LogP contribution in [0.3, 0.4) is 0 Å². The molecule has 0 amide bonds. The van der Waals surface area contributed by atoms with Crippen LogP contribution in [0.2, 0.25) is 0 Å². The molecule has 5 heteroatoms. The van der Waals surface area contributed by atoms with E-state index in [1.54, 1.807) is 0 Å². The number of ether oxygens (including phenoxy) is 1. The van der Waals surface area contributed by atoms with E-state index in [0.29, 0.717) is 5.92 Å². The minimum atomic E-state index is -0.0697. The summed E-state index contributed by atoms with van der Waals surface area (Å²) in [5.41, 5.74) is 2.15. The Kier molecular flexibility index (Phi) is 3.46. The van der Waals surface area contributed by atoms with E-state index in [9.17, 15) is 4.79 Å². The van der Waals surface area contributed by atoms with Crippen molar-refractivity contribution in [2.75, 3.05) is 7.11 Å². The number of methoxy groups -OCH3 is 1. The highest BCUT2D eigenvalue weighted by Crippen LogP contribution is 2.38. The molecule has 0 aromatic carbocycles. The Balaban J connectivity index is 1.77. The van der Waals surface area contributed by atoms with Gasteiger partial charge in [0.05, 0.1) is 23.4 Å². The first-order valence-corrected chi connectivity index (χ1v) is 7.35. The van der Waals surface area contributed by atoms with E-state index in [1.807, 2.05) is 12.3 Å². The average molecular weight is 276 g/mol. The van der Waals surface area contributed by atoms with Crippen molar-refractivity contribution in [3.8, 4) is 0 Å². The van der Waals surface area contributed by atoms with Crippen molar-refractivity contribution in [3.05, 3.63) is 24.0 Å². The second-order valence-corrected chi connectivity index (χ2v) is 5.79. The molecule has 0 N–H and O–H groups in total. The van der Waals surface area contributed by atoms with E-state index in [0.717, 1.165) is 41.6 Å². The SMILES string of the molecule is COC(=O)C1CCC(c2nsc3cccnc23)CC1. The first kappa shape index (κ1) is 12.5. The molecule has 0 atom stereocenters. The van der Waals surface area contributed by atoms with Crippen LogP contribution in [0, 0.1) is 5.92 Å². The standard InChI is InChI=1S/C14H16N2O2S/c1-18-14(17)10-6-4-9(5-7-10)12-13-11(19-16-12)3-2-8-15-13/h2-3,8-10H,4-7H2,1H3. The fourth-order valence-corrected chi connectivity index (χ4v) is 3.65. The van der Waals surface area contributed by atoms with Gasteiger partial charge in [0.15, 0.2) is 0 Å². The first-order valence-electron chi connectivity index (χ1n) is 6.57. The molecule has 1 aliphatic rings. The maximum atomic E-state index is 11.5. The molecule has 1 saturated carbocycles. The molecule has 0 unspecified atom stereocenters. The van der Waals surface area contributed by atoms with Crippen molar-refractivity contribution in [3.63, 3.8) is 0 Å². The fourth-order valence-electron chi connectivity index (χ4n) is 2.84. The monoisotopic (exact) mass is 276 g/mol. The lowest BCUT2D eigenvalue weighted by atomic mass is 9.80. The Labute approximate surface area is 116 Å². The van der Waals surface area contributed by atoms with Crippen LogP contribution < -0.4 is 0 Å². The maximum absolute atomic E-state index is 11.5. The number of carbonyl (C=O) groups excluding carboxylic acids is 1. The van der Waals surface area contributed by atoms with Crippen LogP contribution in [-0.4, -0.2) is 22.4 Å². The highest BCUT2D eigenvalue weighted by molar-refractivity contribution is 7.13. The molecule has 0 saturated heterocycles. The second-order valence-electron chi connectivity index (χ2n) is 4.99. The topological polar surface area (TPSA) is 52.1 Å². The first-order chi connectivity index (χ1) is 9.29. The number of hydrogen-bond acceptors (Lipinski definition) is 5. The quantitative estimate of drug-likeness (QED) is 0.791. The molecular weight excluding hydrogens is 260 g/mol. The Hall–Kier alpha value is -1.49. The van der Waals surface area contributed by atoms with Gasteiger partial charge in [-0.1, -0.05) is 0 Å². The summed E-state index contributed by atoms with van der Waals surface area (Å²) in [5, 5.41) is 0. The normalized spacial score (nSPS) is 23.4. The third-order valence-corrected chi connectivity index (χ3v) is 4.72. The summed E-state index contributed by atoms with van der Waals surface area (Å²) in [6, 6.07) is 4.00. The highest BCUT2D eigenvalue weighted by Gasteiger charge is 2.29. The lowest BCUT2D eigenvalue weighted by Crippen LogP contribution is -2.22. The summed E-state index contributed by atoms with van der Waals surface area (Å²) in [7, 11) is 1.46. The zero-order chi connectivity index (χ0) is 13.2. The largest absolute Gasteiger partial charge is 0.469 e. The Morgan fingerprint density at radius 1 is 1.37 bits per heavy atom. The van der Waals surface area contributed by atoms with Crippen molar-refractivity contribution in [2.45, 2.75) is 31.6 Å². The molecule has 19 heavy (non-hydrogen) atoms. The van der Waals surface area contributed by atoms with Crippen LogP contribution in [0.25, 0.3) is 10.2 Å². The zero-order valence-electron chi connectivity index (χ0n) is 10.8. The summed E-state index contributed by atoms with van der Waals surface area (Å²) in [5.74, 6) is 0.434. The molecule has 0 aliphatic heterocycles. The van der Waals surface area contributed by atoms with Crippen LogP contribution >= 0.6 is 11.5 Å². The van der Waals surface area contributed by atoms with Gasteiger partial charge in [0.25, 0.3) is 0 Å². The number of fused-ring (bicyclic) bond motifs is 1. The molecule has 100 valence electrons. The second kappa shape index (κ2) is 5.25. The molecule has 0 spiro atoms. The van der Waals surface area contributed by atoms with Crippen LogP contribution in [0.15, 0.2) is 18.3 Å². The number of pyridine rings is 1. The third-order valence-electron chi connectivity index (χ3n) is 3.90. The van der Waals surface area contributed by atoms with Crippen LogP contribution in [-0.2, 0) is 9.53 Å². The maximum Gasteiger partial charge on any atom is 0.308 e. The minimum absolute atomic E-state index is 0.0686. The van der Waals surface area contributed by atoms with Crippen LogP contribution in [0.1, 0.15) is 37.3 Å². The molecule has 0 bridgehead atoms. The zero-order valence-corrected chi connectivity index (χ0v) is 11.7. The smallest absolute Gasteiger partial charge is 0.308 e. The van der Waals surface area contributed by atoms with Gasteiger partial charge >= 0.3 is 5.97 Å². The number of esters is 1. The average Bonchev–Trinajstić information content (AvgIpc) is 2.90. The number of aromatic nitrogens is 2. The van der Waals surface area contributed by atoms with Crippen molar-refractivity contribution in [1.82, 2.24) is 9.36 Å². The summed E-state index contributed by atoms with van der Waals surface area (Å²) < 4.78 is 10.5. The molecule has 1 fully saturated rings. The van der Waals surface area contributed by atoms with Crippen LogP contribution in [0.5, 0.6) is 0 Å². The molecular formula is C14H16N2O2S. The van der Waals surface area contributed by atoms with Crippen LogP contribution in [0.4, 0.5) is 0 Å². The van der Waals surface area contributed by atoms with E-state index in [4.69, 9.17) is 4.74 Å². The number of carbonyl (C=O) groups is 1. The van der Waals surface area contributed by atoms with Crippen molar-refractivity contribution >= 4 is 27.7 Å². The van der Waals surface area contributed by atoms with Gasteiger partial charge in [-0.15, -0.1) is 0 Å². The van der Waals surface area contributed by atoms with Gasteiger partial charge in [-0.05, 0) is 49.3 Å². The summed E-state index contributed by atoms with van der Waals surface area (Å²) in [4.78, 5) is 16.0. The Bertz CT molecular complexity index is 588. The summed E-state index contributed by atoms with van der Waals surface area (Å²) in [6.07, 6.45) is 5.59. The predicted molar refractivity (Wildman–Crippen MR) is 74.1 cm³/mol. The summed E-state index contributed by atoms with van der Waals surface area (Å²) >= 11 is 1.52. The van der Waals surface area contributed by atoms with E-state index in [1.165, 1.54) is 18.6 Å². The molecule has 3 rings (SSSR count). The van der Waals surface area contributed by atoms with Crippen molar-refractivity contribution in [1.29, 1.82) is 0 Å². The molecule has 2 heterocycles. The van der Waals surface area contributed by atoms with E-state index >= 15 is 0 Å². The lowest BCUT2D eigenvalue weighted by molar-refractivity contribution is -0.146. The van der Waals surface area contributed by atoms with Gasteiger partial charge in [-0.3, -0.25) is 9.78 Å². The Morgan fingerprint density at radius 2 is 2.16 bits per heavy atom. The van der Waals surface area contributed by atoms with Gasteiger partial charge in [0.2, 0.25) is 0 Å². The van der Waals surface area contributed by atoms with Gasteiger partial charge in [0, 0.05) is 12.1 Å². The number of hydrogen-bond donors (Lipinski definition) is 0. The number of rotatable bonds is 2. The predicted octanol–water partition coefficient (Wildman–Crippen LogP) is 3.14. The Morgan fingerprint density at radius 3 is 2.89 bits per heavy atom. The van der Waals surface area contributed by atoms with Gasteiger partial charge in [0.1, 0.15) is 5.52 Å². The molecule has 1 aliphatic carbocycles. The highest BCUT2D eigenvalue weighted by atomic mass is 32.1. The van der Waals surface area contributed by atoms with Gasteiger partial charge in [-0.25, -0.2) is 0 Å². The third kappa shape index (κ3) is 2.34.